The van der Waals surface area contributed by atoms with E-state index < -0.39 is 42.1 Å². The summed E-state index contributed by atoms with van der Waals surface area (Å²) < 4.78 is 44.1. The quantitative estimate of drug-likeness (QED) is 0.843. The van der Waals surface area contributed by atoms with E-state index in [-0.39, 0.29) is 5.76 Å². The summed E-state index contributed by atoms with van der Waals surface area (Å²) in [7, 11) is 0. The van der Waals surface area contributed by atoms with Crippen molar-refractivity contribution in [3.63, 3.8) is 0 Å². The Kier molecular flexibility index (Phi) is 4.00. The molecule has 0 unspecified atom stereocenters. The summed E-state index contributed by atoms with van der Waals surface area (Å²) in [4.78, 5) is 22.5. The first-order valence-corrected chi connectivity index (χ1v) is 4.78. The summed E-state index contributed by atoms with van der Waals surface area (Å²) >= 11 is 0. The van der Waals surface area contributed by atoms with E-state index in [1.807, 2.05) is 0 Å². The van der Waals surface area contributed by atoms with Gasteiger partial charge in [0.15, 0.2) is 5.56 Å². The van der Waals surface area contributed by atoms with E-state index in [1.165, 1.54) is 6.92 Å². The Hall–Kier alpha value is -1.99. The normalized spacial score (nSPS) is 11.3. The molecule has 1 heterocycles. The molecule has 0 saturated heterocycles. The number of aromatic hydroxyl groups is 1. The number of carbonyl (C=O) groups excluding carboxylic acids is 1. The highest BCUT2D eigenvalue weighted by Crippen LogP contribution is 2.20. The van der Waals surface area contributed by atoms with E-state index in [1.54, 1.807) is 0 Å². The van der Waals surface area contributed by atoms with Crippen LogP contribution in [0.15, 0.2) is 15.3 Å². The SMILES string of the molecule is Cc1cc(O)c(C(=O)OCCC(F)(F)F)c(=O)o1. The Morgan fingerprint density at radius 3 is 2.61 bits per heavy atom. The Balaban J connectivity index is 2.77. The second kappa shape index (κ2) is 5.11. The summed E-state index contributed by atoms with van der Waals surface area (Å²) in [6, 6.07) is 0.988. The van der Waals surface area contributed by atoms with Crippen LogP contribution in [0, 0.1) is 6.92 Å². The van der Waals surface area contributed by atoms with Gasteiger partial charge in [-0.15, -0.1) is 0 Å². The van der Waals surface area contributed by atoms with Crippen LogP contribution in [-0.2, 0) is 4.74 Å². The molecule has 0 fully saturated rings. The number of rotatable bonds is 3. The lowest BCUT2D eigenvalue weighted by Crippen LogP contribution is -2.20. The Bertz CT molecular complexity index is 503. The number of alkyl halides is 3. The van der Waals surface area contributed by atoms with E-state index >= 15 is 0 Å². The van der Waals surface area contributed by atoms with Crippen molar-refractivity contribution < 1.29 is 32.2 Å². The maximum absolute atomic E-state index is 11.8. The topological polar surface area (TPSA) is 76.7 Å². The smallest absolute Gasteiger partial charge is 0.392 e. The first kappa shape index (κ1) is 14.1. The van der Waals surface area contributed by atoms with Crippen molar-refractivity contribution in [2.75, 3.05) is 6.61 Å². The highest BCUT2D eigenvalue weighted by atomic mass is 19.4. The van der Waals surface area contributed by atoms with Crippen molar-refractivity contribution in [2.24, 2.45) is 0 Å². The van der Waals surface area contributed by atoms with Crippen LogP contribution in [0.2, 0.25) is 0 Å². The number of ether oxygens (including phenoxy) is 1. The molecule has 0 aliphatic rings. The average molecular weight is 266 g/mol. The molecular weight excluding hydrogens is 257 g/mol. The zero-order valence-electron chi connectivity index (χ0n) is 9.21. The van der Waals surface area contributed by atoms with Gasteiger partial charge in [-0.2, -0.15) is 13.2 Å². The Labute approximate surface area is 98.8 Å². The molecule has 0 aromatic carbocycles. The van der Waals surface area contributed by atoms with Gasteiger partial charge in [0.05, 0.1) is 6.42 Å². The Morgan fingerprint density at radius 1 is 1.50 bits per heavy atom. The molecular formula is C10H9F3O5. The molecule has 8 heteroatoms. The van der Waals surface area contributed by atoms with E-state index in [9.17, 15) is 27.9 Å². The van der Waals surface area contributed by atoms with Gasteiger partial charge >= 0.3 is 17.8 Å². The lowest BCUT2D eigenvalue weighted by Gasteiger charge is -2.07. The number of hydrogen-bond acceptors (Lipinski definition) is 5. The van der Waals surface area contributed by atoms with Crippen molar-refractivity contribution in [3.05, 3.63) is 27.8 Å². The standard InChI is InChI=1S/C10H9F3O5/c1-5-4-6(14)7(9(16)18-5)8(15)17-3-2-10(11,12)13/h4,14H,2-3H2,1H3. The molecule has 1 N–H and O–H groups in total. The lowest BCUT2D eigenvalue weighted by atomic mass is 10.2. The van der Waals surface area contributed by atoms with E-state index in [2.05, 4.69) is 9.15 Å². The molecule has 1 aromatic rings. The van der Waals surface area contributed by atoms with Gasteiger partial charge in [0.2, 0.25) is 0 Å². The summed E-state index contributed by atoms with van der Waals surface area (Å²) in [5.41, 5.74) is -1.98. The number of halogens is 3. The first-order valence-electron chi connectivity index (χ1n) is 4.78. The molecule has 0 spiro atoms. The minimum atomic E-state index is -4.47. The molecule has 0 aliphatic heterocycles. The zero-order valence-corrected chi connectivity index (χ0v) is 9.21. The predicted molar refractivity (Wildman–Crippen MR) is 52.3 cm³/mol. The van der Waals surface area contributed by atoms with Crippen molar-refractivity contribution >= 4 is 5.97 Å². The number of carbonyl (C=O) groups is 1. The zero-order chi connectivity index (χ0) is 13.9. The van der Waals surface area contributed by atoms with Crippen LogP contribution >= 0.6 is 0 Å². The fourth-order valence-corrected chi connectivity index (χ4v) is 1.12. The fourth-order valence-electron chi connectivity index (χ4n) is 1.12. The van der Waals surface area contributed by atoms with E-state index in [4.69, 9.17) is 0 Å². The van der Waals surface area contributed by atoms with Gasteiger partial charge < -0.3 is 14.3 Å². The van der Waals surface area contributed by atoms with Crippen LogP contribution < -0.4 is 5.63 Å². The van der Waals surface area contributed by atoms with Crippen LogP contribution in [0.5, 0.6) is 5.75 Å². The minimum Gasteiger partial charge on any atom is -0.507 e. The molecule has 0 atom stereocenters. The number of esters is 1. The first-order chi connectivity index (χ1) is 8.20. The summed E-state index contributed by atoms with van der Waals surface area (Å²) in [6.07, 6.45) is -5.81. The van der Waals surface area contributed by atoms with Crippen LogP contribution in [0.3, 0.4) is 0 Å². The van der Waals surface area contributed by atoms with Crippen LogP contribution in [0.4, 0.5) is 13.2 Å². The van der Waals surface area contributed by atoms with Gasteiger partial charge in [0, 0.05) is 6.07 Å². The number of aryl methyl sites for hydroxylation is 1. The Morgan fingerprint density at radius 2 is 2.11 bits per heavy atom. The van der Waals surface area contributed by atoms with Gasteiger partial charge in [-0.1, -0.05) is 0 Å². The molecule has 0 amide bonds. The summed E-state index contributed by atoms with van der Waals surface area (Å²) in [5, 5.41) is 9.32. The van der Waals surface area contributed by atoms with Gasteiger partial charge in [0.25, 0.3) is 0 Å². The van der Waals surface area contributed by atoms with Gasteiger partial charge in [-0.3, -0.25) is 0 Å². The molecule has 100 valence electrons. The number of hydrogen-bond donors (Lipinski definition) is 1. The van der Waals surface area contributed by atoms with Crippen LogP contribution in [0.25, 0.3) is 0 Å². The monoisotopic (exact) mass is 266 g/mol. The molecule has 0 aliphatic carbocycles. The third-order valence-electron chi connectivity index (χ3n) is 1.88. The van der Waals surface area contributed by atoms with Crippen LogP contribution in [0.1, 0.15) is 22.5 Å². The van der Waals surface area contributed by atoms with Gasteiger partial charge in [-0.25, -0.2) is 9.59 Å². The van der Waals surface area contributed by atoms with Gasteiger partial charge in [0.1, 0.15) is 18.1 Å². The largest absolute Gasteiger partial charge is 0.507 e. The predicted octanol–water partition coefficient (Wildman–Crippen LogP) is 1.76. The van der Waals surface area contributed by atoms with Crippen molar-refractivity contribution in [2.45, 2.75) is 19.5 Å². The molecule has 0 saturated carbocycles. The second-order valence-electron chi connectivity index (χ2n) is 3.41. The van der Waals surface area contributed by atoms with Crippen molar-refractivity contribution in [3.8, 4) is 5.75 Å². The maximum Gasteiger partial charge on any atom is 0.392 e. The highest BCUT2D eigenvalue weighted by molar-refractivity contribution is 5.91. The third kappa shape index (κ3) is 3.79. The van der Waals surface area contributed by atoms with Crippen LogP contribution in [-0.4, -0.2) is 23.9 Å². The summed E-state index contributed by atoms with van der Waals surface area (Å²) in [6.45, 7) is 0.426. The molecule has 0 radical (unpaired) electrons. The van der Waals surface area contributed by atoms with Gasteiger partial charge in [-0.05, 0) is 6.92 Å². The lowest BCUT2D eigenvalue weighted by molar-refractivity contribution is -0.141. The minimum absolute atomic E-state index is 0.0596. The van der Waals surface area contributed by atoms with Crippen molar-refractivity contribution in [1.82, 2.24) is 0 Å². The van der Waals surface area contributed by atoms with E-state index in [0.29, 0.717) is 0 Å². The fraction of sp³-hybridized carbons (Fsp3) is 0.400. The second-order valence-corrected chi connectivity index (χ2v) is 3.41. The van der Waals surface area contributed by atoms with E-state index in [0.717, 1.165) is 6.07 Å². The molecule has 1 aromatic heterocycles. The average Bonchev–Trinajstić information content (AvgIpc) is 2.13. The molecule has 1 rings (SSSR count). The third-order valence-corrected chi connectivity index (χ3v) is 1.88. The van der Waals surface area contributed by atoms with Crippen molar-refractivity contribution in [1.29, 1.82) is 0 Å². The summed E-state index contributed by atoms with van der Waals surface area (Å²) in [5.74, 6) is -1.99. The molecule has 5 nitrogen and oxygen atoms in total. The molecule has 18 heavy (non-hydrogen) atoms. The maximum atomic E-state index is 11.8. The molecule has 0 bridgehead atoms. The highest BCUT2D eigenvalue weighted by Gasteiger charge is 2.28.